The number of carboxylic acid groups (broad SMARTS) is 2. The van der Waals surface area contributed by atoms with E-state index in [0.29, 0.717) is 35.9 Å². The highest BCUT2D eigenvalue weighted by molar-refractivity contribution is 8.00. The lowest BCUT2D eigenvalue weighted by Gasteiger charge is -2.01. The van der Waals surface area contributed by atoms with Gasteiger partial charge in [0.05, 0.1) is 51.1 Å². The minimum atomic E-state index is -1.48. The molecule has 3 rings (SSSR count). The third kappa shape index (κ3) is 25.6. The maximum absolute atomic E-state index is 11.4. The SMILES string of the molecule is C.C.CCOC(=O)C(=O)OCC.CCOC(=O)CSCC(=O)OCC.CCOC(=O)c1sc(C(=O)OCC)c(O)c1O.O=C(O)c1sc(C(=O)O)c(O)c1O.Oc1cscc1O.[B]. The van der Waals surface area contributed by atoms with Crippen molar-refractivity contribution >= 4 is 102 Å². The maximum Gasteiger partial charge on any atom is 0.417 e. The number of hydrogen-bond donors (Lipinski definition) is 8. The summed E-state index contributed by atoms with van der Waals surface area (Å²) in [5, 5.41) is 73.7. The van der Waals surface area contributed by atoms with E-state index in [-0.39, 0.29) is 94.4 Å². The first kappa shape index (κ1) is 66.2. The minimum Gasteiger partial charge on any atom is -0.504 e. The van der Waals surface area contributed by atoms with E-state index in [1.807, 2.05) is 0 Å². The molecule has 3 aromatic rings. The van der Waals surface area contributed by atoms with Gasteiger partial charge in [-0.2, -0.15) is 0 Å². The van der Waals surface area contributed by atoms with Gasteiger partial charge in [-0.15, -0.1) is 45.8 Å². The van der Waals surface area contributed by atoms with Gasteiger partial charge in [-0.25, -0.2) is 28.8 Å². The van der Waals surface area contributed by atoms with Crippen LogP contribution in [0.2, 0.25) is 0 Å². The van der Waals surface area contributed by atoms with Crippen molar-refractivity contribution < 1.29 is 108 Å². The van der Waals surface area contributed by atoms with Crippen LogP contribution < -0.4 is 0 Å². The Morgan fingerprint density at radius 1 is 0.476 bits per heavy atom. The van der Waals surface area contributed by atoms with Crippen LogP contribution in [0.1, 0.15) is 95.1 Å². The van der Waals surface area contributed by atoms with Crippen molar-refractivity contribution in [3.63, 3.8) is 0 Å². The fourth-order valence-electron chi connectivity index (χ4n) is 3.07. The molecule has 0 aliphatic carbocycles. The topological polar surface area (TPSA) is 354 Å². The zero-order chi connectivity index (χ0) is 46.5. The summed E-state index contributed by atoms with van der Waals surface area (Å²) in [7, 11) is 0. The van der Waals surface area contributed by atoms with Gasteiger partial charge in [0.1, 0.15) is 0 Å². The summed E-state index contributed by atoms with van der Waals surface area (Å²) in [6, 6.07) is 0. The predicted octanol–water partition coefficient (Wildman–Crippen LogP) is 5.08. The van der Waals surface area contributed by atoms with Gasteiger partial charge in [-0.05, 0) is 41.5 Å². The van der Waals surface area contributed by atoms with Crippen molar-refractivity contribution in [2.45, 2.75) is 56.4 Å². The summed E-state index contributed by atoms with van der Waals surface area (Å²) >= 11 is 3.40. The molecule has 355 valence electrons. The number of hydrogen-bond acceptors (Lipinski definition) is 24. The van der Waals surface area contributed by atoms with Crippen molar-refractivity contribution in [3.8, 4) is 34.5 Å². The van der Waals surface area contributed by atoms with Crippen LogP contribution in [0.25, 0.3) is 0 Å². The third-order valence-electron chi connectivity index (χ3n) is 5.42. The second-order valence-corrected chi connectivity index (χ2v) is 13.4. The van der Waals surface area contributed by atoms with Crippen LogP contribution in [0, 0.1) is 0 Å². The molecule has 3 radical (unpaired) electrons. The first-order chi connectivity index (χ1) is 28.2. The molecule has 8 N–H and O–H groups in total. The van der Waals surface area contributed by atoms with E-state index in [0.717, 1.165) is 0 Å². The van der Waals surface area contributed by atoms with E-state index in [4.69, 9.17) is 30.6 Å². The lowest BCUT2D eigenvalue weighted by molar-refractivity contribution is -0.167. The van der Waals surface area contributed by atoms with Crippen molar-refractivity contribution in [2.24, 2.45) is 0 Å². The Morgan fingerprint density at radius 2 is 0.746 bits per heavy atom. The fourth-order valence-corrected chi connectivity index (χ4v) is 5.88. The van der Waals surface area contributed by atoms with Gasteiger partial charge in [0.15, 0.2) is 54.0 Å². The van der Waals surface area contributed by atoms with Crippen LogP contribution in [0.15, 0.2) is 10.8 Å². The number of aromatic hydroxyl groups is 6. The highest BCUT2D eigenvalue weighted by Gasteiger charge is 2.28. The molecule has 0 bridgehead atoms. The Balaban J connectivity index is -0.000000225. The normalized spacial score (nSPS) is 9.05. The molecule has 0 aliphatic heterocycles. The Morgan fingerprint density at radius 3 is 0.968 bits per heavy atom. The molecule has 63 heavy (non-hydrogen) atoms. The largest absolute Gasteiger partial charge is 0.504 e. The number of aromatic carboxylic acids is 2. The van der Waals surface area contributed by atoms with E-state index in [1.165, 1.54) is 33.9 Å². The Hall–Kier alpha value is -5.93. The zero-order valence-electron chi connectivity index (χ0n) is 33.3. The second-order valence-electron chi connectivity index (χ2n) is 9.65. The Bertz CT molecular complexity index is 1750. The van der Waals surface area contributed by atoms with Gasteiger partial charge < -0.3 is 69.3 Å². The van der Waals surface area contributed by atoms with E-state index in [9.17, 15) is 48.6 Å². The van der Waals surface area contributed by atoms with Gasteiger partial charge >= 0.3 is 47.8 Å². The summed E-state index contributed by atoms with van der Waals surface area (Å²) in [6.45, 7) is 11.3. The molecule has 0 amide bonds. The van der Waals surface area contributed by atoms with E-state index < -0.39 is 68.6 Å². The molecule has 0 saturated carbocycles. The summed E-state index contributed by atoms with van der Waals surface area (Å²) in [4.78, 5) is 84.3. The third-order valence-corrected chi connectivity index (χ3v) is 9.29. The number of rotatable bonds is 14. The van der Waals surface area contributed by atoms with Crippen LogP contribution >= 0.6 is 45.8 Å². The quantitative estimate of drug-likeness (QED) is 0.0452. The van der Waals surface area contributed by atoms with Gasteiger partial charge in [0, 0.05) is 19.2 Å². The summed E-state index contributed by atoms with van der Waals surface area (Å²) < 4.78 is 27.4. The number of esters is 6. The van der Waals surface area contributed by atoms with Gasteiger partial charge in [0.2, 0.25) is 0 Å². The standard InChI is InChI=1S/C10H12O6S.C8H14O4S.C6H4O6S.C6H10O4.C4H4O2S.2CH4.B/c1-3-15-9(13)7-5(11)6(12)8(17-7)10(14)16-4-2;1-3-11-7(9)5-13-6-8(10)12-4-2;7-1-2(8)4(6(11)12)13-3(1)5(9)10;1-3-9-5(7)6(8)10-4-2;5-3-1-7-2-4(3)6;;;/h11-12H,3-4H2,1-2H3;3-6H2,1-2H3;7-8H,(H,9,10)(H,11,12);3-4H2,1-2H3;1-2,5-6H;2*1H4;. The highest BCUT2D eigenvalue weighted by Crippen LogP contribution is 2.41. The summed E-state index contributed by atoms with van der Waals surface area (Å²) in [5.41, 5.74) is 0. The Labute approximate surface area is 380 Å². The van der Waals surface area contributed by atoms with Crippen molar-refractivity contribution in [1.29, 1.82) is 0 Å². The monoisotopic (exact) mass is 975 g/mol. The molecular weight excluding hydrogens is 923 g/mol. The lowest BCUT2D eigenvalue weighted by atomic mass is 10.3. The molecule has 0 unspecified atom stereocenters. The lowest BCUT2D eigenvalue weighted by Crippen LogP contribution is -2.19. The molecule has 0 aliphatic rings. The molecule has 27 heteroatoms. The van der Waals surface area contributed by atoms with Crippen LogP contribution in [0.5, 0.6) is 34.5 Å². The molecule has 22 nitrogen and oxygen atoms in total. The molecule has 0 saturated heterocycles. The number of carboxylic acids is 2. The molecule has 0 aromatic carbocycles. The Kier molecular flexibility index (Phi) is 38.6. The molecule has 0 fully saturated rings. The number of thiophene rings is 3. The molecule has 0 atom stereocenters. The van der Waals surface area contributed by atoms with Crippen LogP contribution in [-0.4, -0.2) is 148 Å². The predicted molar refractivity (Wildman–Crippen MR) is 232 cm³/mol. The summed E-state index contributed by atoms with van der Waals surface area (Å²) in [6.07, 6.45) is 0. The van der Waals surface area contributed by atoms with Gasteiger partial charge in [-0.1, -0.05) is 14.9 Å². The number of carbonyl (C=O) groups is 8. The van der Waals surface area contributed by atoms with Gasteiger partial charge in [0.25, 0.3) is 0 Å². The van der Waals surface area contributed by atoms with Crippen LogP contribution in [0.4, 0.5) is 0 Å². The molecule has 3 aromatic heterocycles. The van der Waals surface area contributed by atoms with E-state index >= 15 is 0 Å². The number of carbonyl (C=O) groups excluding carboxylic acids is 6. The molecule has 0 spiro atoms. The molecular formula is C36H52BO22S4. The average Bonchev–Trinajstić information content (AvgIpc) is 3.82. The first-order valence-corrected chi connectivity index (χ1v) is 20.5. The van der Waals surface area contributed by atoms with Crippen molar-refractivity contribution in [2.75, 3.05) is 51.1 Å². The number of thioether (sulfide) groups is 1. The number of ether oxygens (including phenoxy) is 6. The summed E-state index contributed by atoms with van der Waals surface area (Å²) in [5.74, 6) is -9.79. The second kappa shape index (κ2) is 36.7. The van der Waals surface area contributed by atoms with Crippen molar-refractivity contribution in [1.82, 2.24) is 0 Å². The average molecular weight is 976 g/mol. The smallest absolute Gasteiger partial charge is 0.417 e. The molecule has 3 heterocycles. The van der Waals surface area contributed by atoms with Crippen molar-refractivity contribution in [3.05, 3.63) is 30.3 Å². The van der Waals surface area contributed by atoms with Crippen LogP contribution in [-0.2, 0) is 47.6 Å². The first-order valence-electron chi connectivity index (χ1n) is 16.8. The zero-order valence-corrected chi connectivity index (χ0v) is 36.6. The minimum absolute atomic E-state index is 0. The fraction of sp³-hybridized carbons (Fsp3) is 0.444. The van der Waals surface area contributed by atoms with E-state index in [1.54, 1.807) is 41.5 Å². The maximum atomic E-state index is 11.4. The van der Waals surface area contributed by atoms with E-state index in [2.05, 4.69) is 28.4 Å². The highest BCUT2D eigenvalue weighted by atomic mass is 32.2. The van der Waals surface area contributed by atoms with Gasteiger partial charge in [-0.3, -0.25) is 9.59 Å². The van der Waals surface area contributed by atoms with Crippen LogP contribution in [0.3, 0.4) is 0 Å².